The van der Waals surface area contributed by atoms with Crippen molar-refractivity contribution in [3.63, 3.8) is 0 Å². The van der Waals surface area contributed by atoms with E-state index in [9.17, 15) is 31.1 Å². The van der Waals surface area contributed by atoms with Crippen molar-refractivity contribution in [1.29, 1.82) is 0 Å². The molecule has 1 nitrogen and oxygen atoms in total. The van der Waals surface area contributed by atoms with Crippen LogP contribution in [-0.4, -0.2) is 5.78 Å². The molecule has 0 unspecified atom stereocenters. The summed E-state index contributed by atoms with van der Waals surface area (Å²) >= 11 is 0. The lowest BCUT2D eigenvalue weighted by Gasteiger charge is -2.16. The summed E-state index contributed by atoms with van der Waals surface area (Å²) in [6.07, 6.45) is -5.11. The summed E-state index contributed by atoms with van der Waals surface area (Å²) in [5.41, 5.74) is -2.98. The van der Waals surface area contributed by atoms with Gasteiger partial charge >= 0.3 is 12.4 Å². The summed E-state index contributed by atoms with van der Waals surface area (Å²) in [6.45, 7) is 0. The topological polar surface area (TPSA) is 17.1 Å². The molecule has 134 valence electrons. The minimum absolute atomic E-state index is 0.0830. The van der Waals surface area contributed by atoms with Crippen LogP contribution in [0.2, 0.25) is 0 Å². The Kier molecular flexibility index (Phi) is 5.60. The second-order valence-electron chi connectivity index (χ2n) is 6.25. The molecule has 1 aromatic carbocycles. The Bertz CT molecular complexity index is 547. The molecule has 2 rings (SSSR count). The van der Waals surface area contributed by atoms with Gasteiger partial charge in [-0.05, 0) is 36.6 Å². The van der Waals surface area contributed by atoms with Crippen LogP contribution in [0.1, 0.15) is 55.2 Å². The van der Waals surface area contributed by atoms with Crippen LogP contribution in [0.15, 0.2) is 18.2 Å². The smallest absolute Gasteiger partial charge is 0.299 e. The van der Waals surface area contributed by atoms with Crippen molar-refractivity contribution in [2.24, 2.45) is 5.92 Å². The first kappa shape index (κ1) is 18.8. The van der Waals surface area contributed by atoms with Crippen LogP contribution < -0.4 is 0 Å². The average molecular weight is 352 g/mol. The van der Waals surface area contributed by atoms with Crippen molar-refractivity contribution in [3.05, 3.63) is 34.9 Å². The van der Waals surface area contributed by atoms with Crippen LogP contribution in [0.4, 0.5) is 26.3 Å². The first-order valence-electron chi connectivity index (χ1n) is 7.88. The van der Waals surface area contributed by atoms with E-state index in [0.29, 0.717) is 25.0 Å². The summed E-state index contributed by atoms with van der Waals surface area (Å²) in [6, 6.07) is 1.37. The third-order valence-electron chi connectivity index (χ3n) is 4.34. The van der Waals surface area contributed by atoms with Crippen LogP contribution in [0.3, 0.4) is 0 Å². The molecule has 0 radical (unpaired) electrons. The van der Waals surface area contributed by atoms with E-state index in [4.69, 9.17) is 0 Å². The summed E-state index contributed by atoms with van der Waals surface area (Å²) in [7, 11) is 0. The SMILES string of the molecule is O=C(Cc1cc(C(F)(F)F)cc(C(F)(F)F)c1)C1CCCCCC1. The van der Waals surface area contributed by atoms with Crippen molar-refractivity contribution in [1.82, 2.24) is 0 Å². The minimum Gasteiger partial charge on any atom is -0.299 e. The van der Waals surface area contributed by atoms with E-state index >= 15 is 0 Å². The first-order chi connectivity index (χ1) is 11.1. The largest absolute Gasteiger partial charge is 0.416 e. The quantitative estimate of drug-likeness (QED) is 0.496. The van der Waals surface area contributed by atoms with Gasteiger partial charge in [0.2, 0.25) is 0 Å². The molecule has 0 aromatic heterocycles. The molecule has 0 N–H and O–H groups in total. The molecule has 1 aliphatic carbocycles. The van der Waals surface area contributed by atoms with Gasteiger partial charge in [0.15, 0.2) is 0 Å². The highest BCUT2D eigenvalue weighted by molar-refractivity contribution is 5.83. The van der Waals surface area contributed by atoms with Crippen LogP contribution in [-0.2, 0) is 23.6 Å². The van der Waals surface area contributed by atoms with Crippen molar-refractivity contribution < 1.29 is 31.1 Å². The second-order valence-corrected chi connectivity index (χ2v) is 6.25. The third kappa shape index (κ3) is 4.98. The fourth-order valence-corrected chi connectivity index (χ4v) is 3.07. The summed E-state index contributed by atoms with van der Waals surface area (Å²) in [4.78, 5) is 12.3. The van der Waals surface area contributed by atoms with Crippen LogP contribution in [0, 0.1) is 5.92 Å². The molecule has 1 saturated carbocycles. The molecule has 0 aliphatic heterocycles. The predicted octanol–water partition coefficient (Wildman–Crippen LogP) is 5.81. The van der Waals surface area contributed by atoms with Gasteiger partial charge in [-0.2, -0.15) is 26.3 Å². The van der Waals surface area contributed by atoms with E-state index in [-0.39, 0.29) is 23.3 Å². The number of rotatable bonds is 3. The Morgan fingerprint density at radius 1 is 0.833 bits per heavy atom. The summed E-state index contributed by atoms with van der Waals surface area (Å²) < 4.78 is 77.0. The van der Waals surface area contributed by atoms with Gasteiger partial charge in [-0.3, -0.25) is 4.79 Å². The molecule has 1 aromatic rings. The maximum absolute atomic E-state index is 12.8. The number of Topliss-reactive ketones (excluding diaryl/α,β-unsaturated/α-hetero) is 1. The van der Waals surface area contributed by atoms with Gasteiger partial charge in [-0.1, -0.05) is 25.7 Å². The average Bonchev–Trinajstić information content (AvgIpc) is 2.74. The van der Waals surface area contributed by atoms with Gasteiger partial charge in [-0.15, -0.1) is 0 Å². The number of carbonyl (C=O) groups is 1. The number of benzene rings is 1. The van der Waals surface area contributed by atoms with Crippen LogP contribution in [0.25, 0.3) is 0 Å². The third-order valence-corrected chi connectivity index (χ3v) is 4.34. The van der Waals surface area contributed by atoms with Gasteiger partial charge in [-0.25, -0.2) is 0 Å². The Morgan fingerprint density at radius 2 is 1.29 bits per heavy atom. The summed E-state index contributed by atoms with van der Waals surface area (Å²) in [5.74, 6) is -0.541. The number of halogens is 6. The van der Waals surface area contributed by atoms with E-state index < -0.39 is 29.9 Å². The first-order valence-corrected chi connectivity index (χ1v) is 7.88. The minimum atomic E-state index is -4.89. The zero-order valence-corrected chi connectivity index (χ0v) is 12.9. The van der Waals surface area contributed by atoms with Crippen molar-refractivity contribution in [3.8, 4) is 0 Å². The fraction of sp³-hybridized carbons (Fsp3) is 0.588. The number of hydrogen-bond acceptors (Lipinski definition) is 1. The fourth-order valence-electron chi connectivity index (χ4n) is 3.07. The maximum Gasteiger partial charge on any atom is 0.416 e. The lowest BCUT2D eigenvalue weighted by molar-refractivity contribution is -0.143. The lowest BCUT2D eigenvalue weighted by atomic mass is 9.90. The lowest BCUT2D eigenvalue weighted by Crippen LogP contribution is -2.18. The molecule has 1 fully saturated rings. The number of carbonyl (C=O) groups excluding carboxylic acids is 1. The molecular formula is C17H18F6O. The Morgan fingerprint density at radius 3 is 1.71 bits per heavy atom. The molecule has 1 aliphatic rings. The zero-order valence-electron chi connectivity index (χ0n) is 12.9. The normalized spacial score (nSPS) is 17.6. The second kappa shape index (κ2) is 7.15. The van der Waals surface area contributed by atoms with Gasteiger partial charge in [0.1, 0.15) is 5.78 Å². The molecule has 0 spiro atoms. The van der Waals surface area contributed by atoms with E-state index in [1.54, 1.807) is 0 Å². The molecule has 0 bridgehead atoms. The Hall–Kier alpha value is -1.53. The van der Waals surface area contributed by atoms with Crippen molar-refractivity contribution in [2.75, 3.05) is 0 Å². The standard InChI is InChI=1S/C17H18F6O/c18-16(19,20)13-7-11(8-14(10-13)17(21,22)23)9-15(24)12-5-3-1-2-4-6-12/h7-8,10,12H,1-6,9H2. The highest BCUT2D eigenvalue weighted by Gasteiger charge is 2.37. The maximum atomic E-state index is 12.8. The molecule has 0 atom stereocenters. The van der Waals surface area contributed by atoms with E-state index in [1.165, 1.54) is 0 Å². The number of alkyl halides is 6. The van der Waals surface area contributed by atoms with Crippen molar-refractivity contribution in [2.45, 2.75) is 57.3 Å². The predicted molar refractivity (Wildman–Crippen MR) is 76.3 cm³/mol. The van der Waals surface area contributed by atoms with Gasteiger partial charge in [0.25, 0.3) is 0 Å². The van der Waals surface area contributed by atoms with Crippen molar-refractivity contribution >= 4 is 5.78 Å². The van der Waals surface area contributed by atoms with Crippen LogP contribution >= 0.6 is 0 Å². The van der Waals surface area contributed by atoms with E-state index in [0.717, 1.165) is 25.7 Å². The number of ketones is 1. The number of hydrogen-bond donors (Lipinski definition) is 0. The van der Waals surface area contributed by atoms with Crippen LogP contribution in [0.5, 0.6) is 0 Å². The van der Waals surface area contributed by atoms with Gasteiger partial charge in [0, 0.05) is 12.3 Å². The Balaban J connectivity index is 2.26. The molecule has 24 heavy (non-hydrogen) atoms. The molecule has 7 heteroatoms. The molecule has 0 saturated heterocycles. The monoisotopic (exact) mass is 352 g/mol. The highest BCUT2D eigenvalue weighted by Crippen LogP contribution is 2.36. The summed E-state index contributed by atoms with van der Waals surface area (Å²) in [5, 5.41) is 0. The molecule has 0 amide bonds. The van der Waals surface area contributed by atoms with Gasteiger partial charge in [0.05, 0.1) is 11.1 Å². The highest BCUT2D eigenvalue weighted by atomic mass is 19.4. The Labute approximate surface area is 136 Å². The molecular weight excluding hydrogens is 334 g/mol. The van der Waals surface area contributed by atoms with E-state index in [1.807, 2.05) is 0 Å². The molecule has 0 heterocycles. The van der Waals surface area contributed by atoms with E-state index in [2.05, 4.69) is 0 Å². The van der Waals surface area contributed by atoms with Gasteiger partial charge < -0.3 is 0 Å². The zero-order chi connectivity index (χ0) is 18.0.